The molecule has 3 heteroatoms. The van der Waals surface area contributed by atoms with E-state index in [0.717, 1.165) is 17.1 Å². The molecule has 0 radical (unpaired) electrons. The van der Waals surface area contributed by atoms with E-state index < -0.39 is 0 Å². The van der Waals surface area contributed by atoms with Crippen LogP contribution in [-0.4, -0.2) is 11.3 Å². The van der Waals surface area contributed by atoms with Crippen molar-refractivity contribution in [1.29, 1.82) is 0 Å². The van der Waals surface area contributed by atoms with Crippen molar-refractivity contribution in [3.63, 3.8) is 0 Å². The quantitative estimate of drug-likeness (QED) is 0.662. The van der Waals surface area contributed by atoms with Crippen molar-refractivity contribution in [2.45, 2.75) is 0 Å². The summed E-state index contributed by atoms with van der Waals surface area (Å²) in [7, 11) is 0. The topological polar surface area (TPSA) is 39.2 Å². The van der Waals surface area contributed by atoms with Gasteiger partial charge in [0.25, 0.3) is 0 Å². The third-order valence-electron chi connectivity index (χ3n) is 2.90. The van der Waals surface area contributed by atoms with Gasteiger partial charge < -0.3 is 4.74 Å². The fourth-order valence-electron chi connectivity index (χ4n) is 2.01. The number of carbonyl (C=O) groups is 1. The van der Waals surface area contributed by atoms with E-state index in [0.29, 0.717) is 17.2 Å². The molecule has 0 saturated heterocycles. The highest BCUT2D eigenvalue weighted by molar-refractivity contribution is 6.00. The minimum Gasteiger partial charge on any atom is -0.438 e. The first kappa shape index (κ1) is 11.4. The Bertz CT molecular complexity index is 723. The molecule has 0 atom stereocenters. The van der Waals surface area contributed by atoms with Gasteiger partial charge in [-0.3, -0.25) is 4.79 Å². The second-order valence-corrected chi connectivity index (χ2v) is 4.09. The molecule has 0 saturated carbocycles. The van der Waals surface area contributed by atoms with Gasteiger partial charge >= 0.3 is 0 Å². The Balaban J connectivity index is 2.12. The number of fused-ring (bicyclic) bond motifs is 1. The molecule has 1 aromatic heterocycles. The maximum absolute atomic E-state index is 11.0. The van der Waals surface area contributed by atoms with Crippen LogP contribution in [0.2, 0.25) is 0 Å². The zero-order valence-electron chi connectivity index (χ0n) is 10.1. The van der Waals surface area contributed by atoms with Crippen molar-refractivity contribution in [1.82, 2.24) is 4.98 Å². The maximum Gasteiger partial charge on any atom is 0.219 e. The van der Waals surface area contributed by atoms with Crippen molar-refractivity contribution >= 4 is 17.1 Å². The number of ether oxygens (including phenoxy) is 1. The summed E-state index contributed by atoms with van der Waals surface area (Å²) < 4.78 is 5.76. The second-order valence-electron chi connectivity index (χ2n) is 4.09. The second kappa shape index (κ2) is 4.90. The Morgan fingerprint density at radius 2 is 1.68 bits per heavy atom. The zero-order valence-corrected chi connectivity index (χ0v) is 10.1. The first-order chi connectivity index (χ1) is 9.38. The van der Waals surface area contributed by atoms with Gasteiger partial charge in [0.05, 0.1) is 0 Å². The van der Waals surface area contributed by atoms with Crippen molar-refractivity contribution in [3.05, 3.63) is 66.4 Å². The number of nitrogens with zero attached hydrogens (tertiary/aromatic N) is 1. The zero-order chi connectivity index (χ0) is 13.1. The van der Waals surface area contributed by atoms with Crippen LogP contribution in [0.5, 0.6) is 11.6 Å². The molecule has 92 valence electrons. The monoisotopic (exact) mass is 249 g/mol. The van der Waals surface area contributed by atoms with Crippen LogP contribution in [0.4, 0.5) is 0 Å². The number of pyridine rings is 1. The van der Waals surface area contributed by atoms with Gasteiger partial charge in [0.15, 0.2) is 6.29 Å². The van der Waals surface area contributed by atoms with E-state index in [1.165, 1.54) is 0 Å². The highest BCUT2D eigenvalue weighted by atomic mass is 16.5. The SMILES string of the molecule is O=Cc1ccc(Oc2ccccn2)c2ccccc12. The van der Waals surface area contributed by atoms with E-state index in [9.17, 15) is 4.79 Å². The summed E-state index contributed by atoms with van der Waals surface area (Å²) in [4.78, 5) is 15.2. The molecule has 0 bridgehead atoms. The first-order valence-electron chi connectivity index (χ1n) is 5.94. The van der Waals surface area contributed by atoms with E-state index in [4.69, 9.17) is 4.74 Å². The summed E-state index contributed by atoms with van der Waals surface area (Å²) in [5, 5.41) is 1.78. The number of benzene rings is 2. The third kappa shape index (κ3) is 2.18. The van der Waals surface area contributed by atoms with Gasteiger partial charge in [-0.1, -0.05) is 30.3 Å². The summed E-state index contributed by atoms with van der Waals surface area (Å²) in [6, 6.07) is 16.7. The van der Waals surface area contributed by atoms with Crippen LogP contribution in [0.15, 0.2) is 60.8 Å². The predicted molar refractivity (Wildman–Crippen MR) is 73.6 cm³/mol. The van der Waals surface area contributed by atoms with Crippen LogP contribution in [0, 0.1) is 0 Å². The molecule has 0 amide bonds. The fraction of sp³-hybridized carbons (Fsp3) is 0. The van der Waals surface area contributed by atoms with E-state index in [1.807, 2.05) is 36.4 Å². The molecule has 1 heterocycles. The van der Waals surface area contributed by atoms with Crippen molar-refractivity contribution in [2.24, 2.45) is 0 Å². The smallest absolute Gasteiger partial charge is 0.219 e. The summed E-state index contributed by atoms with van der Waals surface area (Å²) in [6.45, 7) is 0. The predicted octanol–water partition coefficient (Wildman–Crippen LogP) is 3.84. The minimum atomic E-state index is 0.534. The van der Waals surface area contributed by atoms with Crippen molar-refractivity contribution < 1.29 is 9.53 Å². The van der Waals surface area contributed by atoms with E-state index >= 15 is 0 Å². The standard InChI is InChI=1S/C16H11NO2/c18-11-12-8-9-15(14-6-2-1-5-13(12)14)19-16-7-3-4-10-17-16/h1-11H. The van der Waals surface area contributed by atoms with E-state index in [-0.39, 0.29) is 0 Å². The Kier molecular flexibility index (Phi) is 2.94. The van der Waals surface area contributed by atoms with Gasteiger partial charge in [0.1, 0.15) is 5.75 Å². The number of hydrogen-bond donors (Lipinski definition) is 0. The molecule has 2 aromatic carbocycles. The minimum absolute atomic E-state index is 0.534. The summed E-state index contributed by atoms with van der Waals surface area (Å²) in [6.07, 6.45) is 2.53. The van der Waals surface area contributed by atoms with Crippen LogP contribution in [-0.2, 0) is 0 Å². The average molecular weight is 249 g/mol. The molecule has 0 spiro atoms. The van der Waals surface area contributed by atoms with Crippen LogP contribution in [0.1, 0.15) is 10.4 Å². The number of aldehydes is 1. The Labute approximate surface area is 110 Å². The fourth-order valence-corrected chi connectivity index (χ4v) is 2.01. The van der Waals surface area contributed by atoms with Crippen LogP contribution in [0.3, 0.4) is 0 Å². The van der Waals surface area contributed by atoms with E-state index in [1.54, 1.807) is 24.4 Å². The highest BCUT2D eigenvalue weighted by Gasteiger charge is 2.07. The number of hydrogen-bond acceptors (Lipinski definition) is 3. The molecule has 0 unspecified atom stereocenters. The molecule has 0 fully saturated rings. The van der Waals surface area contributed by atoms with Crippen LogP contribution < -0.4 is 4.74 Å². The molecule has 3 rings (SSSR count). The lowest BCUT2D eigenvalue weighted by Gasteiger charge is -2.09. The summed E-state index contributed by atoms with van der Waals surface area (Å²) in [5.41, 5.74) is 0.656. The third-order valence-corrected chi connectivity index (χ3v) is 2.90. The first-order valence-corrected chi connectivity index (χ1v) is 5.94. The largest absolute Gasteiger partial charge is 0.438 e. The molecule has 3 aromatic rings. The summed E-state index contributed by atoms with van der Waals surface area (Å²) in [5.74, 6) is 1.23. The van der Waals surface area contributed by atoms with Gasteiger partial charge in [-0.25, -0.2) is 4.98 Å². The molecule has 3 nitrogen and oxygen atoms in total. The molecule has 19 heavy (non-hydrogen) atoms. The van der Waals surface area contributed by atoms with Crippen LogP contribution >= 0.6 is 0 Å². The number of rotatable bonds is 3. The Morgan fingerprint density at radius 3 is 2.42 bits per heavy atom. The van der Waals surface area contributed by atoms with Gasteiger partial charge in [-0.2, -0.15) is 0 Å². The molecular weight excluding hydrogens is 238 g/mol. The van der Waals surface area contributed by atoms with E-state index in [2.05, 4.69) is 4.98 Å². The van der Waals surface area contributed by atoms with Gasteiger partial charge in [0, 0.05) is 23.2 Å². The molecule has 0 aliphatic rings. The Morgan fingerprint density at radius 1 is 0.895 bits per heavy atom. The summed E-state index contributed by atoms with van der Waals surface area (Å²) >= 11 is 0. The normalized spacial score (nSPS) is 10.3. The molecule has 0 aliphatic carbocycles. The van der Waals surface area contributed by atoms with Gasteiger partial charge in [0.2, 0.25) is 5.88 Å². The molecule has 0 aliphatic heterocycles. The number of aromatic nitrogens is 1. The molecule has 0 N–H and O–H groups in total. The maximum atomic E-state index is 11.0. The highest BCUT2D eigenvalue weighted by Crippen LogP contribution is 2.30. The molecular formula is C16H11NO2. The van der Waals surface area contributed by atoms with Gasteiger partial charge in [-0.05, 0) is 23.6 Å². The van der Waals surface area contributed by atoms with Gasteiger partial charge in [-0.15, -0.1) is 0 Å². The lowest BCUT2D eigenvalue weighted by molar-refractivity contribution is 0.112. The van der Waals surface area contributed by atoms with Crippen molar-refractivity contribution in [3.8, 4) is 11.6 Å². The van der Waals surface area contributed by atoms with Crippen molar-refractivity contribution in [2.75, 3.05) is 0 Å². The Hall–Kier alpha value is -2.68. The van der Waals surface area contributed by atoms with Crippen LogP contribution in [0.25, 0.3) is 10.8 Å². The lowest BCUT2D eigenvalue weighted by Crippen LogP contribution is -1.90. The average Bonchev–Trinajstić information content (AvgIpc) is 2.49. The number of carbonyl (C=O) groups excluding carboxylic acids is 1. The lowest BCUT2D eigenvalue weighted by atomic mass is 10.0.